The van der Waals surface area contributed by atoms with Crippen molar-refractivity contribution in [2.75, 3.05) is 0 Å². The first-order valence-electron chi connectivity index (χ1n) is 9.59. The van der Waals surface area contributed by atoms with Crippen LogP contribution in [0.2, 0.25) is 0 Å². The minimum atomic E-state index is 0.879. The predicted octanol–water partition coefficient (Wildman–Crippen LogP) is 6.92. The zero-order chi connectivity index (χ0) is 14.9. The van der Waals surface area contributed by atoms with E-state index in [9.17, 15) is 0 Å². The molecule has 0 heterocycles. The highest BCUT2D eigenvalue weighted by Gasteiger charge is 2.19. The van der Waals surface area contributed by atoms with Gasteiger partial charge in [0.05, 0.1) is 0 Å². The van der Waals surface area contributed by atoms with Crippen molar-refractivity contribution in [3.05, 3.63) is 24.3 Å². The van der Waals surface area contributed by atoms with Crippen molar-refractivity contribution in [3.8, 4) is 0 Å². The van der Waals surface area contributed by atoms with Crippen LogP contribution in [0.1, 0.15) is 84.5 Å². The fourth-order valence-electron chi connectivity index (χ4n) is 4.34. The Morgan fingerprint density at radius 3 is 1.67 bits per heavy atom. The molecule has 2 fully saturated rings. The molecule has 2 aliphatic carbocycles. The van der Waals surface area contributed by atoms with E-state index in [1.807, 2.05) is 0 Å². The first-order chi connectivity index (χ1) is 10.3. The van der Waals surface area contributed by atoms with Crippen LogP contribution >= 0.6 is 0 Å². The molecular formula is C21H36. The Bertz CT molecular complexity index is 309. The molecule has 0 unspecified atom stereocenters. The smallest absolute Gasteiger partial charge is 0.0233 e. The van der Waals surface area contributed by atoms with Gasteiger partial charge in [0, 0.05) is 0 Å². The molecule has 120 valence electrons. The van der Waals surface area contributed by atoms with Gasteiger partial charge in [-0.25, -0.2) is 0 Å². The molecule has 0 atom stereocenters. The first-order valence-corrected chi connectivity index (χ1v) is 9.59. The molecule has 2 aliphatic rings. The Hall–Kier alpha value is -0.520. The Morgan fingerprint density at radius 1 is 0.714 bits per heavy atom. The number of rotatable bonds is 6. The van der Waals surface area contributed by atoms with Crippen LogP contribution in [0.15, 0.2) is 24.3 Å². The van der Waals surface area contributed by atoms with Gasteiger partial charge in [-0.2, -0.15) is 0 Å². The molecule has 0 spiro atoms. The van der Waals surface area contributed by atoms with Crippen LogP contribution in [0.3, 0.4) is 0 Å². The highest BCUT2D eigenvalue weighted by atomic mass is 14.3. The summed E-state index contributed by atoms with van der Waals surface area (Å²) >= 11 is 0. The second kappa shape index (κ2) is 9.49. The summed E-state index contributed by atoms with van der Waals surface area (Å²) in [6, 6.07) is 0. The van der Waals surface area contributed by atoms with Crippen molar-refractivity contribution in [1.82, 2.24) is 0 Å². The molecule has 0 heteroatoms. The van der Waals surface area contributed by atoms with Crippen molar-refractivity contribution < 1.29 is 0 Å². The third-order valence-electron chi connectivity index (χ3n) is 6.01. The highest BCUT2D eigenvalue weighted by Crippen LogP contribution is 2.34. The Morgan fingerprint density at radius 2 is 1.19 bits per heavy atom. The summed E-state index contributed by atoms with van der Waals surface area (Å²) in [5.74, 6) is 3.88. The predicted molar refractivity (Wildman–Crippen MR) is 94.4 cm³/mol. The van der Waals surface area contributed by atoms with Gasteiger partial charge in [0.2, 0.25) is 0 Å². The van der Waals surface area contributed by atoms with E-state index in [-0.39, 0.29) is 0 Å². The van der Waals surface area contributed by atoms with Crippen molar-refractivity contribution >= 4 is 0 Å². The molecule has 2 saturated carbocycles. The maximum Gasteiger partial charge on any atom is -0.0233 e. The SMILES string of the molecule is CC=CC1CCC(CC=CCC2CCC(CC)CC2)CC1. The zero-order valence-corrected chi connectivity index (χ0v) is 14.4. The maximum atomic E-state index is 2.51. The maximum absolute atomic E-state index is 2.51. The van der Waals surface area contributed by atoms with Gasteiger partial charge in [-0.05, 0) is 82.0 Å². The molecule has 0 nitrogen and oxygen atoms in total. The average Bonchev–Trinajstić information content (AvgIpc) is 2.54. The van der Waals surface area contributed by atoms with E-state index in [1.54, 1.807) is 0 Å². The number of hydrogen-bond donors (Lipinski definition) is 0. The van der Waals surface area contributed by atoms with Crippen molar-refractivity contribution in [3.63, 3.8) is 0 Å². The molecule has 21 heavy (non-hydrogen) atoms. The normalized spacial score (nSPS) is 34.8. The average molecular weight is 289 g/mol. The third kappa shape index (κ3) is 6.01. The van der Waals surface area contributed by atoms with Crippen molar-refractivity contribution in [2.45, 2.75) is 84.5 Å². The summed E-state index contributed by atoms with van der Waals surface area (Å²) < 4.78 is 0. The molecule has 0 amide bonds. The summed E-state index contributed by atoms with van der Waals surface area (Å²) in [5.41, 5.74) is 0. The summed E-state index contributed by atoms with van der Waals surface area (Å²) in [4.78, 5) is 0. The van der Waals surface area contributed by atoms with Gasteiger partial charge in [0.15, 0.2) is 0 Å². The molecular weight excluding hydrogens is 252 g/mol. The molecule has 0 aromatic heterocycles. The lowest BCUT2D eigenvalue weighted by Crippen LogP contribution is -2.13. The van der Waals surface area contributed by atoms with Crippen LogP contribution in [-0.4, -0.2) is 0 Å². The van der Waals surface area contributed by atoms with Crippen LogP contribution in [0.25, 0.3) is 0 Å². The number of hydrogen-bond acceptors (Lipinski definition) is 0. The third-order valence-corrected chi connectivity index (χ3v) is 6.01. The van der Waals surface area contributed by atoms with Crippen LogP contribution < -0.4 is 0 Å². The topological polar surface area (TPSA) is 0 Å². The van der Waals surface area contributed by atoms with Gasteiger partial charge < -0.3 is 0 Å². The molecule has 0 N–H and O–H groups in total. The van der Waals surface area contributed by atoms with E-state index in [0.29, 0.717) is 0 Å². The molecule has 2 rings (SSSR count). The van der Waals surface area contributed by atoms with E-state index in [4.69, 9.17) is 0 Å². The lowest BCUT2D eigenvalue weighted by Gasteiger charge is -2.27. The monoisotopic (exact) mass is 288 g/mol. The van der Waals surface area contributed by atoms with E-state index in [2.05, 4.69) is 38.2 Å². The van der Waals surface area contributed by atoms with Crippen LogP contribution in [0.5, 0.6) is 0 Å². The highest BCUT2D eigenvalue weighted by molar-refractivity contribution is 4.92. The second-order valence-corrected chi connectivity index (χ2v) is 7.54. The second-order valence-electron chi connectivity index (χ2n) is 7.54. The van der Waals surface area contributed by atoms with Gasteiger partial charge in [-0.3, -0.25) is 0 Å². The van der Waals surface area contributed by atoms with Crippen LogP contribution in [-0.2, 0) is 0 Å². The molecule has 0 aromatic carbocycles. The van der Waals surface area contributed by atoms with E-state index >= 15 is 0 Å². The largest absolute Gasteiger partial charge is 0.0914 e. The molecule has 0 saturated heterocycles. The Labute approximate surface area is 133 Å². The minimum Gasteiger partial charge on any atom is -0.0914 e. The van der Waals surface area contributed by atoms with Crippen molar-refractivity contribution in [1.29, 1.82) is 0 Å². The molecule has 0 aliphatic heterocycles. The standard InChI is InChI=1S/C21H36/c1-3-7-19-14-16-21(17-15-19)9-6-5-8-20-12-10-18(4-2)11-13-20/h3,5-7,18-21H,4,8-17H2,1-2H3. The molecule has 0 aromatic rings. The Balaban J connectivity index is 1.57. The summed E-state index contributed by atoms with van der Waals surface area (Å²) in [6.45, 7) is 4.51. The number of allylic oxidation sites excluding steroid dienone is 4. The lowest BCUT2D eigenvalue weighted by molar-refractivity contribution is 0.270. The van der Waals surface area contributed by atoms with Gasteiger partial charge in [0.1, 0.15) is 0 Å². The fraction of sp³-hybridized carbons (Fsp3) is 0.810. The van der Waals surface area contributed by atoms with Crippen LogP contribution in [0, 0.1) is 23.7 Å². The van der Waals surface area contributed by atoms with Gasteiger partial charge >= 0.3 is 0 Å². The zero-order valence-electron chi connectivity index (χ0n) is 14.4. The van der Waals surface area contributed by atoms with Gasteiger partial charge in [0.25, 0.3) is 0 Å². The van der Waals surface area contributed by atoms with E-state index < -0.39 is 0 Å². The summed E-state index contributed by atoms with van der Waals surface area (Å²) in [5, 5.41) is 0. The molecule has 0 radical (unpaired) electrons. The Kier molecular flexibility index (Phi) is 7.61. The fourth-order valence-corrected chi connectivity index (χ4v) is 4.34. The quantitative estimate of drug-likeness (QED) is 0.465. The van der Waals surface area contributed by atoms with E-state index in [1.165, 1.54) is 70.6 Å². The van der Waals surface area contributed by atoms with E-state index in [0.717, 1.165) is 23.7 Å². The summed E-state index contributed by atoms with van der Waals surface area (Å²) in [6.07, 6.45) is 25.4. The van der Waals surface area contributed by atoms with Crippen molar-refractivity contribution in [2.24, 2.45) is 23.7 Å². The van der Waals surface area contributed by atoms with Gasteiger partial charge in [-0.1, -0.05) is 50.5 Å². The van der Waals surface area contributed by atoms with Gasteiger partial charge in [-0.15, -0.1) is 0 Å². The van der Waals surface area contributed by atoms with Crippen LogP contribution in [0.4, 0.5) is 0 Å². The minimum absolute atomic E-state index is 0.879. The lowest BCUT2D eigenvalue weighted by atomic mass is 9.79. The molecule has 0 bridgehead atoms. The summed E-state index contributed by atoms with van der Waals surface area (Å²) in [7, 11) is 0. The first kappa shape index (κ1) is 16.8.